The number of carboxylic acid groups (broad SMARTS) is 1. The van der Waals surface area contributed by atoms with Crippen molar-refractivity contribution in [2.75, 3.05) is 5.73 Å². The van der Waals surface area contributed by atoms with Crippen molar-refractivity contribution in [2.45, 2.75) is 45.6 Å². The van der Waals surface area contributed by atoms with Gasteiger partial charge in [-0.25, -0.2) is 4.79 Å². The molecule has 2 rings (SSSR count). The number of aromatic nitrogens is 1. The van der Waals surface area contributed by atoms with Crippen molar-refractivity contribution in [1.82, 2.24) is 4.57 Å². The summed E-state index contributed by atoms with van der Waals surface area (Å²) in [7, 11) is 0. The number of aryl methyl sites for hydroxylation is 1. The monoisotopic (exact) mass is 300 g/mol. The second kappa shape index (κ2) is 7.69. The van der Waals surface area contributed by atoms with E-state index in [2.05, 4.69) is 6.92 Å². The van der Waals surface area contributed by atoms with Crippen molar-refractivity contribution in [1.29, 1.82) is 0 Å². The molecule has 0 unspecified atom stereocenters. The molecule has 1 aromatic heterocycles. The number of unbranched alkanes of at least 4 members (excludes halogenated alkanes) is 4. The highest BCUT2D eigenvalue weighted by atomic mass is 16.4. The summed E-state index contributed by atoms with van der Waals surface area (Å²) in [5, 5.41) is 9.37. The predicted molar refractivity (Wildman–Crippen MR) is 90.0 cm³/mol. The van der Waals surface area contributed by atoms with Crippen molar-refractivity contribution >= 4 is 11.7 Å². The minimum absolute atomic E-state index is 0.349. The Balaban J connectivity index is 2.11. The van der Waals surface area contributed by atoms with Crippen molar-refractivity contribution in [3.05, 3.63) is 42.2 Å². The van der Waals surface area contributed by atoms with Gasteiger partial charge in [-0.05, 0) is 30.2 Å². The maximum atomic E-state index is 11.4. The average molecular weight is 300 g/mol. The van der Waals surface area contributed by atoms with Crippen LogP contribution in [-0.2, 0) is 6.54 Å². The van der Waals surface area contributed by atoms with E-state index in [-0.39, 0.29) is 0 Å². The number of nitrogens with two attached hydrogens (primary N) is 1. The van der Waals surface area contributed by atoms with Crippen molar-refractivity contribution in [2.24, 2.45) is 0 Å². The first-order chi connectivity index (χ1) is 10.6. The molecule has 0 spiro atoms. The quantitative estimate of drug-likeness (QED) is 0.560. The first-order valence-corrected chi connectivity index (χ1v) is 7.91. The fraction of sp³-hybridized carbons (Fsp3) is 0.389. The molecule has 118 valence electrons. The van der Waals surface area contributed by atoms with Gasteiger partial charge < -0.3 is 15.4 Å². The fourth-order valence-corrected chi connectivity index (χ4v) is 2.59. The Labute approximate surface area is 131 Å². The molecule has 0 aliphatic carbocycles. The van der Waals surface area contributed by atoms with E-state index >= 15 is 0 Å². The number of hydrogen-bond donors (Lipinski definition) is 2. The summed E-state index contributed by atoms with van der Waals surface area (Å²) < 4.78 is 1.85. The highest BCUT2D eigenvalue weighted by Gasteiger charge is 2.13. The Hall–Kier alpha value is -2.23. The van der Waals surface area contributed by atoms with Gasteiger partial charge in [0, 0.05) is 24.0 Å². The van der Waals surface area contributed by atoms with E-state index in [9.17, 15) is 9.90 Å². The summed E-state index contributed by atoms with van der Waals surface area (Å²) in [6.07, 6.45) is 7.75. The summed E-state index contributed by atoms with van der Waals surface area (Å²) in [6, 6.07) is 9.24. The van der Waals surface area contributed by atoms with E-state index in [0.717, 1.165) is 30.5 Å². The number of benzene rings is 1. The molecule has 1 heterocycles. The van der Waals surface area contributed by atoms with Gasteiger partial charge in [-0.3, -0.25) is 0 Å². The summed E-state index contributed by atoms with van der Waals surface area (Å²) >= 11 is 0. The highest BCUT2D eigenvalue weighted by molar-refractivity contribution is 5.88. The Morgan fingerprint density at radius 1 is 1.09 bits per heavy atom. The number of carbonyl (C=O) groups is 1. The second-order valence-electron chi connectivity index (χ2n) is 5.65. The second-order valence-corrected chi connectivity index (χ2v) is 5.65. The topological polar surface area (TPSA) is 68.2 Å². The van der Waals surface area contributed by atoms with Gasteiger partial charge in [-0.2, -0.15) is 0 Å². The lowest BCUT2D eigenvalue weighted by Gasteiger charge is -2.05. The molecule has 4 nitrogen and oxygen atoms in total. The molecule has 0 radical (unpaired) electrons. The van der Waals surface area contributed by atoms with Gasteiger partial charge in [0.1, 0.15) is 5.69 Å². The van der Waals surface area contributed by atoms with Gasteiger partial charge in [0.25, 0.3) is 0 Å². The molecular formula is C18H24N2O2. The normalized spacial score (nSPS) is 10.8. The summed E-state index contributed by atoms with van der Waals surface area (Å²) in [6.45, 7) is 2.94. The summed E-state index contributed by atoms with van der Waals surface area (Å²) in [5.41, 5.74) is 8.66. The number of aromatic carboxylic acids is 1. The molecule has 0 bridgehead atoms. The smallest absolute Gasteiger partial charge is 0.352 e. The van der Waals surface area contributed by atoms with E-state index in [1.165, 1.54) is 19.3 Å². The molecule has 0 aliphatic heterocycles. The van der Waals surface area contributed by atoms with Crippen LogP contribution in [0.5, 0.6) is 0 Å². The maximum absolute atomic E-state index is 11.4. The van der Waals surface area contributed by atoms with Crippen molar-refractivity contribution in [3.63, 3.8) is 0 Å². The van der Waals surface area contributed by atoms with E-state index < -0.39 is 5.97 Å². The molecule has 4 heteroatoms. The molecule has 0 fully saturated rings. The van der Waals surface area contributed by atoms with E-state index in [0.29, 0.717) is 11.4 Å². The third-order valence-electron chi connectivity index (χ3n) is 3.86. The molecule has 0 saturated heterocycles. The lowest BCUT2D eigenvalue weighted by atomic mass is 10.1. The van der Waals surface area contributed by atoms with Gasteiger partial charge >= 0.3 is 5.97 Å². The zero-order valence-electron chi connectivity index (χ0n) is 13.1. The summed E-state index contributed by atoms with van der Waals surface area (Å²) in [4.78, 5) is 11.4. The van der Waals surface area contributed by atoms with Crippen LogP contribution in [0.3, 0.4) is 0 Å². The van der Waals surface area contributed by atoms with E-state index in [1.54, 1.807) is 6.07 Å². The molecule has 22 heavy (non-hydrogen) atoms. The minimum atomic E-state index is -0.879. The summed E-state index contributed by atoms with van der Waals surface area (Å²) in [5.74, 6) is -0.879. The predicted octanol–water partition coefficient (Wildman–Crippen LogP) is 4.41. The molecule has 3 N–H and O–H groups in total. The SMILES string of the molecule is CCCCCCCn1cc(-c2ccc(N)cc2)cc1C(=O)O. The first kappa shape index (κ1) is 16.1. The Morgan fingerprint density at radius 2 is 1.77 bits per heavy atom. The lowest BCUT2D eigenvalue weighted by molar-refractivity contribution is 0.0685. The van der Waals surface area contributed by atoms with Crippen LogP contribution in [0.15, 0.2) is 36.5 Å². The van der Waals surface area contributed by atoms with Gasteiger partial charge in [0.2, 0.25) is 0 Å². The average Bonchev–Trinajstić information content (AvgIpc) is 2.92. The standard InChI is InChI=1S/C18H24N2O2/c1-2-3-4-5-6-11-20-13-15(12-17(20)18(21)22)14-7-9-16(19)10-8-14/h7-10,12-13H,2-6,11,19H2,1H3,(H,21,22). The number of nitrogens with zero attached hydrogens (tertiary/aromatic N) is 1. The maximum Gasteiger partial charge on any atom is 0.352 e. The largest absolute Gasteiger partial charge is 0.477 e. The van der Waals surface area contributed by atoms with Crippen LogP contribution in [0.2, 0.25) is 0 Å². The van der Waals surface area contributed by atoms with Crippen LogP contribution in [-0.4, -0.2) is 15.6 Å². The molecule has 0 amide bonds. The highest BCUT2D eigenvalue weighted by Crippen LogP contribution is 2.24. The van der Waals surface area contributed by atoms with Gasteiger partial charge in [0.15, 0.2) is 0 Å². The van der Waals surface area contributed by atoms with Gasteiger partial charge in [0.05, 0.1) is 0 Å². The van der Waals surface area contributed by atoms with E-state index in [1.807, 2.05) is 35.0 Å². The van der Waals surface area contributed by atoms with Crippen molar-refractivity contribution in [3.8, 4) is 11.1 Å². The number of rotatable bonds is 8. The molecule has 0 saturated carbocycles. The molecular weight excluding hydrogens is 276 g/mol. The molecule has 1 aromatic carbocycles. The number of nitrogen functional groups attached to an aromatic ring is 1. The van der Waals surface area contributed by atoms with Gasteiger partial charge in [-0.1, -0.05) is 44.7 Å². The van der Waals surface area contributed by atoms with Crippen LogP contribution >= 0.6 is 0 Å². The van der Waals surface area contributed by atoms with Crippen LogP contribution in [0.1, 0.15) is 49.5 Å². The van der Waals surface area contributed by atoms with Crippen molar-refractivity contribution < 1.29 is 9.90 Å². The van der Waals surface area contributed by atoms with Crippen LogP contribution in [0.25, 0.3) is 11.1 Å². The Morgan fingerprint density at radius 3 is 2.41 bits per heavy atom. The van der Waals surface area contributed by atoms with Gasteiger partial charge in [-0.15, -0.1) is 0 Å². The number of anilines is 1. The third-order valence-corrected chi connectivity index (χ3v) is 3.86. The van der Waals surface area contributed by atoms with Crippen LogP contribution in [0, 0.1) is 0 Å². The zero-order chi connectivity index (χ0) is 15.9. The Kier molecular flexibility index (Phi) is 5.64. The minimum Gasteiger partial charge on any atom is -0.477 e. The third kappa shape index (κ3) is 4.13. The number of carboxylic acids is 1. The first-order valence-electron chi connectivity index (χ1n) is 7.91. The lowest BCUT2D eigenvalue weighted by Crippen LogP contribution is -2.07. The molecule has 0 atom stereocenters. The molecule has 0 aliphatic rings. The number of hydrogen-bond acceptors (Lipinski definition) is 2. The van der Waals surface area contributed by atoms with E-state index in [4.69, 9.17) is 5.73 Å². The molecule has 2 aromatic rings. The fourth-order valence-electron chi connectivity index (χ4n) is 2.59. The van der Waals surface area contributed by atoms with Crippen LogP contribution in [0.4, 0.5) is 5.69 Å². The zero-order valence-corrected chi connectivity index (χ0v) is 13.1. The Bertz CT molecular complexity index is 615. The van der Waals surface area contributed by atoms with Crippen LogP contribution < -0.4 is 5.73 Å².